The molecule has 4 amide bonds. The predicted octanol–water partition coefficient (Wildman–Crippen LogP) is 2.01. The molecule has 192 valence electrons. The molecule has 1 saturated heterocycles. The molecule has 2 aliphatic rings. The zero-order chi connectivity index (χ0) is 25.9. The van der Waals surface area contributed by atoms with E-state index in [2.05, 4.69) is 58.5 Å². The van der Waals surface area contributed by atoms with E-state index >= 15 is 0 Å². The van der Waals surface area contributed by atoms with Crippen LogP contribution in [0.1, 0.15) is 31.2 Å². The van der Waals surface area contributed by atoms with Crippen LogP contribution < -0.4 is 5.32 Å². The summed E-state index contributed by atoms with van der Waals surface area (Å²) < 4.78 is 0. The Morgan fingerprint density at radius 3 is 2.28 bits per heavy atom. The van der Waals surface area contributed by atoms with Crippen LogP contribution in [0, 0.1) is 0 Å². The minimum atomic E-state index is -0.508. The maximum Gasteiger partial charge on any atom is 0.321 e. The van der Waals surface area contributed by atoms with Gasteiger partial charge in [-0.05, 0) is 51.4 Å². The van der Waals surface area contributed by atoms with Gasteiger partial charge < -0.3 is 20.0 Å². The van der Waals surface area contributed by atoms with E-state index in [9.17, 15) is 14.4 Å². The van der Waals surface area contributed by atoms with E-state index in [0.29, 0.717) is 12.4 Å². The van der Waals surface area contributed by atoms with Crippen molar-refractivity contribution >= 4 is 23.7 Å². The molecule has 1 aromatic heterocycles. The van der Waals surface area contributed by atoms with Gasteiger partial charge in [-0.3, -0.25) is 14.5 Å². The van der Waals surface area contributed by atoms with Crippen molar-refractivity contribution in [2.45, 2.75) is 36.8 Å². The molecule has 1 aliphatic heterocycles. The van der Waals surface area contributed by atoms with Crippen LogP contribution in [0.4, 0.5) is 10.6 Å². The fraction of sp³-hybridized carbons (Fsp3) is 0.500. The van der Waals surface area contributed by atoms with Crippen molar-refractivity contribution in [2.75, 3.05) is 53.1 Å². The summed E-state index contributed by atoms with van der Waals surface area (Å²) in [4.78, 5) is 53.9. The lowest BCUT2D eigenvalue weighted by atomic mass is 9.68. The first-order chi connectivity index (χ1) is 17.2. The molecular weight excluding hydrogens is 458 g/mol. The van der Waals surface area contributed by atoms with Crippen LogP contribution in [0.15, 0.2) is 48.9 Å². The van der Waals surface area contributed by atoms with Crippen molar-refractivity contribution < 1.29 is 14.4 Å². The highest BCUT2D eigenvalue weighted by atomic mass is 16.2. The zero-order valence-electron chi connectivity index (χ0n) is 21.5. The van der Waals surface area contributed by atoms with Crippen molar-refractivity contribution in [3.63, 3.8) is 0 Å². The highest BCUT2D eigenvalue weighted by molar-refractivity contribution is 5.95. The summed E-state index contributed by atoms with van der Waals surface area (Å²) in [6.07, 6.45) is 6.04. The molecule has 1 saturated carbocycles. The molecule has 2 heterocycles. The topological polar surface area (TPSA) is 102 Å². The number of hydrogen-bond acceptors (Lipinski definition) is 6. The number of aromatic nitrogens is 2. The number of benzene rings is 1. The quantitative estimate of drug-likeness (QED) is 0.633. The number of carbonyl (C=O) groups excluding carboxylic acids is 3. The van der Waals surface area contributed by atoms with Crippen LogP contribution in [-0.4, -0.2) is 101 Å². The normalized spacial score (nSPS) is 23.9. The Labute approximate surface area is 212 Å². The lowest BCUT2D eigenvalue weighted by Crippen LogP contribution is -2.57. The van der Waals surface area contributed by atoms with E-state index in [-0.39, 0.29) is 36.5 Å². The van der Waals surface area contributed by atoms with Gasteiger partial charge in [0.15, 0.2) is 0 Å². The molecule has 1 aliphatic carbocycles. The van der Waals surface area contributed by atoms with Gasteiger partial charge in [0.1, 0.15) is 25.2 Å². The van der Waals surface area contributed by atoms with Crippen molar-refractivity contribution in [1.82, 2.24) is 29.6 Å². The van der Waals surface area contributed by atoms with Crippen molar-refractivity contribution in [2.24, 2.45) is 0 Å². The Bertz CT molecular complexity index is 1080. The minimum absolute atomic E-state index is 0.00381. The van der Waals surface area contributed by atoms with E-state index in [0.717, 1.165) is 25.7 Å². The zero-order valence-corrected chi connectivity index (χ0v) is 21.5. The maximum atomic E-state index is 13.6. The average Bonchev–Trinajstić information content (AvgIpc) is 3.10. The first kappa shape index (κ1) is 25.6. The van der Waals surface area contributed by atoms with Gasteiger partial charge in [-0.1, -0.05) is 30.3 Å². The van der Waals surface area contributed by atoms with Gasteiger partial charge in [0.25, 0.3) is 0 Å². The molecule has 10 nitrogen and oxygen atoms in total. The Balaban J connectivity index is 1.56. The van der Waals surface area contributed by atoms with Gasteiger partial charge in [0.2, 0.25) is 11.8 Å². The van der Waals surface area contributed by atoms with Crippen molar-refractivity contribution in [3.05, 3.63) is 54.5 Å². The van der Waals surface area contributed by atoms with E-state index in [4.69, 9.17) is 0 Å². The molecule has 0 bridgehead atoms. The molecule has 4 rings (SSSR count). The molecule has 36 heavy (non-hydrogen) atoms. The summed E-state index contributed by atoms with van der Waals surface area (Å²) in [7, 11) is 7.58. The third-order valence-corrected chi connectivity index (χ3v) is 7.71. The Hall–Kier alpha value is -3.53. The SMILES string of the molecule is CN(C)C(=O)CN1C(=O)N(CC(=O)Nc2ccncn2)C[C@]12CC[C@](c1ccccc1)(N(C)C)CC2. The summed E-state index contributed by atoms with van der Waals surface area (Å²) >= 11 is 0. The lowest BCUT2D eigenvalue weighted by Gasteiger charge is -2.51. The fourth-order valence-electron chi connectivity index (χ4n) is 5.54. The number of carbonyl (C=O) groups is 3. The number of likely N-dealkylation sites (N-methyl/N-ethyl adjacent to an activating group) is 1. The minimum Gasteiger partial charge on any atom is -0.347 e. The van der Waals surface area contributed by atoms with Crippen molar-refractivity contribution in [1.29, 1.82) is 0 Å². The molecule has 2 aromatic rings. The third-order valence-electron chi connectivity index (χ3n) is 7.71. The van der Waals surface area contributed by atoms with Gasteiger partial charge in [-0.25, -0.2) is 14.8 Å². The second kappa shape index (κ2) is 10.2. The average molecular weight is 494 g/mol. The Kier molecular flexibility index (Phi) is 7.26. The molecule has 10 heteroatoms. The standard InChI is InChI=1S/C26H35N7O3/c1-30(2)23(35)17-33-24(36)32(16-22(34)29-21-10-15-27-19-28-21)18-25(33)11-13-26(14-12-25,31(3)4)20-8-6-5-7-9-20/h5-10,15,19H,11-14,16-18H2,1-4H3,(H,27,28,29,34)/t25-,26+. The molecule has 0 atom stereocenters. The summed E-state index contributed by atoms with van der Waals surface area (Å²) in [6, 6.07) is 11.8. The van der Waals surface area contributed by atoms with Gasteiger partial charge in [0, 0.05) is 32.4 Å². The van der Waals surface area contributed by atoms with Gasteiger partial charge in [0.05, 0.1) is 5.54 Å². The molecule has 2 fully saturated rings. The van der Waals surface area contributed by atoms with Crippen molar-refractivity contribution in [3.8, 4) is 0 Å². The maximum absolute atomic E-state index is 13.6. The van der Waals surface area contributed by atoms with Crippen LogP contribution in [-0.2, 0) is 15.1 Å². The largest absolute Gasteiger partial charge is 0.347 e. The first-order valence-corrected chi connectivity index (χ1v) is 12.2. The molecule has 0 unspecified atom stereocenters. The first-order valence-electron chi connectivity index (χ1n) is 12.2. The Morgan fingerprint density at radius 1 is 1.00 bits per heavy atom. The number of urea groups is 1. The van der Waals surface area contributed by atoms with Crippen LogP contribution in [0.2, 0.25) is 0 Å². The highest BCUT2D eigenvalue weighted by Crippen LogP contribution is 2.48. The summed E-state index contributed by atoms with van der Waals surface area (Å²) in [6.45, 7) is 0.299. The summed E-state index contributed by atoms with van der Waals surface area (Å²) in [5, 5.41) is 2.72. The van der Waals surface area contributed by atoms with Gasteiger partial charge >= 0.3 is 6.03 Å². The second-order valence-corrected chi connectivity index (χ2v) is 10.2. The summed E-state index contributed by atoms with van der Waals surface area (Å²) in [5.74, 6) is -0.0875. The Morgan fingerprint density at radius 2 is 1.69 bits per heavy atom. The number of amides is 4. The van der Waals surface area contributed by atoms with Crippen LogP contribution in [0.3, 0.4) is 0 Å². The number of hydrogen-bond donors (Lipinski definition) is 1. The number of rotatable bonds is 7. The van der Waals surface area contributed by atoms with Crippen LogP contribution >= 0.6 is 0 Å². The molecule has 0 radical (unpaired) electrons. The third kappa shape index (κ3) is 4.90. The number of anilines is 1. The lowest BCUT2D eigenvalue weighted by molar-refractivity contribution is -0.130. The van der Waals surface area contributed by atoms with Gasteiger partial charge in [-0.2, -0.15) is 0 Å². The van der Waals surface area contributed by atoms with Crippen LogP contribution in [0.5, 0.6) is 0 Å². The number of nitrogens with one attached hydrogen (secondary N) is 1. The van der Waals surface area contributed by atoms with E-state index in [1.54, 1.807) is 36.2 Å². The van der Waals surface area contributed by atoms with E-state index < -0.39 is 5.54 Å². The number of nitrogens with zero attached hydrogens (tertiary/aromatic N) is 6. The van der Waals surface area contributed by atoms with Gasteiger partial charge in [-0.15, -0.1) is 0 Å². The smallest absolute Gasteiger partial charge is 0.321 e. The van der Waals surface area contributed by atoms with E-state index in [1.807, 2.05) is 6.07 Å². The summed E-state index contributed by atoms with van der Waals surface area (Å²) in [5.41, 5.74) is 0.600. The predicted molar refractivity (Wildman–Crippen MR) is 136 cm³/mol. The second-order valence-electron chi connectivity index (χ2n) is 10.2. The molecular formula is C26H35N7O3. The molecule has 1 aromatic carbocycles. The monoisotopic (exact) mass is 493 g/mol. The fourth-order valence-corrected chi connectivity index (χ4v) is 5.54. The molecule has 1 spiro atoms. The highest BCUT2D eigenvalue weighted by Gasteiger charge is 2.55. The van der Waals surface area contributed by atoms with E-state index in [1.165, 1.54) is 16.8 Å². The molecule has 1 N–H and O–H groups in total. The van der Waals surface area contributed by atoms with Crippen LogP contribution in [0.25, 0.3) is 0 Å².